The van der Waals surface area contributed by atoms with Gasteiger partial charge in [0.25, 0.3) is 5.91 Å². The number of nitrogens with zero attached hydrogens (tertiary/aromatic N) is 4. The van der Waals surface area contributed by atoms with Crippen LogP contribution in [0.25, 0.3) is 0 Å². The smallest absolute Gasteiger partial charge is 0.317 e. The molecule has 0 saturated heterocycles. The summed E-state index contributed by atoms with van der Waals surface area (Å²) < 4.78 is 1.81. The molecule has 2 aromatic rings. The zero-order valence-corrected chi connectivity index (χ0v) is 14.6. The fraction of sp³-hybridized carbons (Fsp3) is 0.389. The van der Waals surface area contributed by atoms with Crippen molar-refractivity contribution < 1.29 is 9.59 Å². The molecule has 0 radical (unpaired) electrons. The van der Waals surface area contributed by atoms with Crippen LogP contribution in [0.4, 0.5) is 4.79 Å². The average molecular weight is 341 g/mol. The van der Waals surface area contributed by atoms with E-state index >= 15 is 0 Å². The molecular formula is C18H23N5O2. The van der Waals surface area contributed by atoms with E-state index in [1.165, 1.54) is 10.5 Å². The number of urea groups is 1. The lowest BCUT2D eigenvalue weighted by Crippen LogP contribution is -2.44. The number of hydrogen-bond donors (Lipinski definition) is 1. The first kappa shape index (κ1) is 17.0. The average Bonchev–Trinajstić information content (AvgIpc) is 3.04. The quantitative estimate of drug-likeness (QED) is 0.913. The summed E-state index contributed by atoms with van der Waals surface area (Å²) in [6.07, 6.45) is 0.805. The second kappa shape index (κ2) is 7.38. The Kier molecular flexibility index (Phi) is 5.02. The Morgan fingerprint density at radius 1 is 1.20 bits per heavy atom. The molecule has 1 aliphatic heterocycles. The normalized spacial score (nSPS) is 13.3. The van der Waals surface area contributed by atoms with Crippen LogP contribution >= 0.6 is 0 Å². The van der Waals surface area contributed by atoms with Gasteiger partial charge in [-0.25, -0.2) is 4.79 Å². The molecule has 0 spiro atoms. The number of carbonyl (C=O) groups is 2. The molecule has 7 heteroatoms. The predicted molar refractivity (Wildman–Crippen MR) is 94.2 cm³/mol. The van der Waals surface area contributed by atoms with Crippen molar-refractivity contribution >= 4 is 11.9 Å². The van der Waals surface area contributed by atoms with Crippen molar-refractivity contribution in [2.75, 3.05) is 27.2 Å². The Balaban J connectivity index is 1.55. The van der Waals surface area contributed by atoms with Crippen LogP contribution < -0.4 is 5.32 Å². The fourth-order valence-corrected chi connectivity index (χ4v) is 2.84. The highest BCUT2D eigenvalue weighted by molar-refractivity contribution is 5.92. The minimum Gasteiger partial charge on any atom is -0.343 e. The molecule has 0 bridgehead atoms. The molecule has 132 valence electrons. The second-order valence-corrected chi connectivity index (χ2v) is 6.33. The summed E-state index contributed by atoms with van der Waals surface area (Å²) in [4.78, 5) is 27.6. The van der Waals surface area contributed by atoms with Gasteiger partial charge < -0.3 is 15.1 Å². The van der Waals surface area contributed by atoms with Crippen LogP contribution in [0, 0.1) is 0 Å². The lowest BCUT2D eigenvalue weighted by Gasteiger charge is -2.27. The molecule has 25 heavy (non-hydrogen) atoms. The summed E-state index contributed by atoms with van der Waals surface area (Å²) in [5.74, 6) is -0.124. The first-order valence-corrected chi connectivity index (χ1v) is 8.39. The van der Waals surface area contributed by atoms with E-state index in [1.54, 1.807) is 25.1 Å². The van der Waals surface area contributed by atoms with Crippen molar-refractivity contribution in [2.45, 2.75) is 19.5 Å². The Bertz CT molecular complexity index is 754. The fourth-order valence-electron chi connectivity index (χ4n) is 2.84. The molecule has 0 atom stereocenters. The molecular weight excluding hydrogens is 318 g/mol. The first-order valence-electron chi connectivity index (χ1n) is 8.39. The number of rotatable bonds is 4. The summed E-state index contributed by atoms with van der Waals surface area (Å²) >= 11 is 0. The molecule has 0 unspecified atom stereocenters. The molecule has 0 aliphatic carbocycles. The highest BCUT2D eigenvalue weighted by atomic mass is 16.2. The van der Waals surface area contributed by atoms with E-state index in [0.717, 1.165) is 12.1 Å². The zero-order valence-electron chi connectivity index (χ0n) is 14.6. The Morgan fingerprint density at radius 3 is 2.68 bits per heavy atom. The van der Waals surface area contributed by atoms with Crippen LogP contribution in [0.15, 0.2) is 36.4 Å². The third-order valence-corrected chi connectivity index (χ3v) is 4.24. The third kappa shape index (κ3) is 3.99. The summed E-state index contributed by atoms with van der Waals surface area (Å²) in [7, 11) is 3.40. The van der Waals surface area contributed by atoms with Crippen LogP contribution in [0.5, 0.6) is 0 Å². The Morgan fingerprint density at radius 2 is 1.96 bits per heavy atom. The molecule has 1 N–H and O–H groups in total. The molecule has 3 rings (SSSR count). The molecule has 1 aromatic carbocycles. The van der Waals surface area contributed by atoms with Crippen molar-refractivity contribution in [1.29, 1.82) is 0 Å². The number of hydrogen-bond acceptors (Lipinski definition) is 3. The van der Waals surface area contributed by atoms with Crippen LogP contribution in [0.3, 0.4) is 0 Å². The van der Waals surface area contributed by atoms with Crippen molar-refractivity contribution in [3.63, 3.8) is 0 Å². The molecule has 2 heterocycles. The molecule has 0 fully saturated rings. The summed E-state index contributed by atoms with van der Waals surface area (Å²) in [6.45, 7) is 2.25. The Labute approximate surface area is 147 Å². The second-order valence-electron chi connectivity index (χ2n) is 6.33. The maximum Gasteiger partial charge on any atom is 0.317 e. The number of amides is 3. The van der Waals surface area contributed by atoms with Gasteiger partial charge in [-0.15, -0.1) is 0 Å². The third-order valence-electron chi connectivity index (χ3n) is 4.24. The van der Waals surface area contributed by atoms with E-state index in [1.807, 2.05) is 22.9 Å². The SMILES string of the molecule is CN(C)C(=O)c1cc2n(n1)CCN(C(=O)NCCc1ccccc1)C2. The molecule has 1 aromatic heterocycles. The van der Waals surface area contributed by atoms with E-state index in [0.29, 0.717) is 31.9 Å². The van der Waals surface area contributed by atoms with Crippen LogP contribution in [-0.2, 0) is 19.5 Å². The predicted octanol–water partition coefficient (Wildman–Crippen LogP) is 1.35. The van der Waals surface area contributed by atoms with E-state index in [2.05, 4.69) is 22.5 Å². The number of benzene rings is 1. The van der Waals surface area contributed by atoms with Crippen LogP contribution in [-0.4, -0.2) is 58.7 Å². The number of nitrogens with one attached hydrogen (secondary N) is 1. The van der Waals surface area contributed by atoms with E-state index < -0.39 is 0 Å². The van der Waals surface area contributed by atoms with Crippen molar-refractivity contribution in [1.82, 2.24) is 24.9 Å². The van der Waals surface area contributed by atoms with Crippen molar-refractivity contribution in [3.8, 4) is 0 Å². The van der Waals surface area contributed by atoms with Gasteiger partial charge in [0.15, 0.2) is 5.69 Å². The van der Waals surface area contributed by atoms with E-state index in [-0.39, 0.29) is 11.9 Å². The highest BCUT2D eigenvalue weighted by Gasteiger charge is 2.24. The van der Waals surface area contributed by atoms with Crippen molar-refractivity contribution in [2.24, 2.45) is 0 Å². The van der Waals surface area contributed by atoms with Gasteiger partial charge in [0.05, 0.1) is 18.8 Å². The topological polar surface area (TPSA) is 70.5 Å². The molecule has 0 saturated carbocycles. The Hall–Kier alpha value is -2.83. The standard InChI is InChI=1S/C18H23N5O2/c1-21(2)17(24)16-12-15-13-22(10-11-23(15)20-16)18(25)19-9-8-14-6-4-3-5-7-14/h3-7,12H,8-11,13H2,1-2H3,(H,19,25). The maximum atomic E-state index is 12.4. The largest absolute Gasteiger partial charge is 0.343 e. The van der Waals surface area contributed by atoms with Gasteiger partial charge >= 0.3 is 6.03 Å². The number of fused-ring (bicyclic) bond motifs is 1. The summed E-state index contributed by atoms with van der Waals surface area (Å²) in [5.41, 5.74) is 2.51. The summed E-state index contributed by atoms with van der Waals surface area (Å²) in [5, 5.41) is 7.30. The van der Waals surface area contributed by atoms with Gasteiger partial charge in [-0.2, -0.15) is 5.10 Å². The van der Waals surface area contributed by atoms with Gasteiger partial charge in [0, 0.05) is 27.2 Å². The van der Waals surface area contributed by atoms with Gasteiger partial charge in [-0.3, -0.25) is 9.48 Å². The van der Waals surface area contributed by atoms with E-state index in [4.69, 9.17) is 0 Å². The molecule has 3 amide bonds. The maximum absolute atomic E-state index is 12.4. The first-order chi connectivity index (χ1) is 12.0. The van der Waals surface area contributed by atoms with Gasteiger partial charge in [-0.1, -0.05) is 30.3 Å². The minimum atomic E-state index is -0.124. The molecule has 1 aliphatic rings. The lowest BCUT2D eigenvalue weighted by atomic mass is 10.1. The molecule has 7 nitrogen and oxygen atoms in total. The summed E-state index contributed by atoms with van der Waals surface area (Å²) in [6, 6.07) is 11.8. The monoisotopic (exact) mass is 341 g/mol. The van der Waals surface area contributed by atoms with Crippen LogP contribution in [0.1, 0.15) is 21.7 Å². The van der Waals surface area contributed by atoms with E-state index in [9.17, 15) is 9.59 Å². The highest BCUT2D eigenvalue weighted by Crippen LogP contribution is 2.14. The zero-order chi connectivity index (χ0) is 17.8. The van der Waals surface area contributed by atoms with Crippen molar-refractivity contribution in [3.05, 3.63) is 53.3 Å². The number of carbonyl (C=O) groups excluding carboxylic acids is 2. The van der Waals surface area contributed by atoms with Gasteiger partial charge in [0.1, 0.15) is 0 Å². The van der Waals surface area contributed by atoms with Crippen LogP contribution in [0.2, 0.25) is 0 Å². The lowest BCUT2D eigenvalue weighted by molar-refractivity contribution is 0.0820. The van der Waals surface area contributed by atoms with Gasteiger partial charge in [0.2, 0.25) is 0 Å². The number of aromatic nitrogens is 2. The van der Waals surface area contributed by atoms with Gasteiger partial charge in [-0.05, 0) is 18.1 Å². The minimum absolute atomic E-state index is 0.0798.